The van der Waals surface area contributed by atoms with Crippen molar-refractivity contribution in [3.8, 4) is 0 Å². The number of benzene rings is 1. The second-order valence-corrected chi connectivity index (χ2v) is 5.70. The van der Waals surface area contributed by atoms with E-state index in [9.17, 15) is 0 Å². The maximum Gasteiger partial charge on any atom is 0.195 e. The third-order valence-electron chi connectivity index (χ3n) is 3.29. The monoisotopic (exact) mass is 287 g/mol. The van der Waals surface area contributed by atoms with E-state index in [0.717, 1.165) is 34.8 Å². The van der Waals surface area contributed by atoms with Crippen molar-refractivity contribution in [2.75, 3.05) is 5.32 Å². The average Bonchev–Trinajstić information content (AvgIpc) is 3.03. The summed E-state index contributed by atoms with van der Waals surface area (Å²) in [6, 6.07) is 6.26. The summed E-state index contributed by atoms with van der Waals surface area (Å²) in [7, 11) is 0. The van der Waals surface area contributed by atoms with Crippen LogP contribution in [-0.2, 0) is 6.42 Å². The molecular formula is C15H17N3OS. The summed E-state index contributed by atoms with van der Waals surface area (Å²) in [5.74, 6) is 0.781. The fourth-order valence-electron chi connectivity index (χ4n) is 2.26. The molecule has 3 rings (SSSR count). The summed E-state index contributed by atoms with van der Waals surface area (Å²) in [4.78, 5) is 10.0. The first-order valence-corrected chi connectivity index (χ1v) is 7.61. The van der Waals surface area contributed by atoms with Crippen LogP contribution in [0.25, 0.3) is 11.1 Å². The number of anilines is 1. The summed E-state index contributed by atoms with van der Waals surface area (Å²) in [6.45, 7) is 6.22. The number of hydrogen-bond acceptors (Lipinski definition) is 5. The Bertz CT molecular complexity index is 732. The molecule has 1 unspecified atom stereocenters. The molecular weight excluding hydrogens is 270 g/mol. The van der Waals surface area contributed by atoms with Crippen molar-refractivity contribution in [1.29, 1.82) is 0 Å². The van der Waals surface area contributed by atoms with Gasteiger partial charge in [-0.25, -0.2) is 9.97 Å². The zero-order valence-corrected chi connectivity index (χ0v) is 12.6. The van der Waals surface area contributed by atoms with Crippen LogP contribution in [-0.4, -0.2) is 9.97 Å². The predicted octanol–water partition coefficient (Wildman–Crippen LogP) is 4.33. The van der Waals surface area contributed by atoms with Crippen molar-refractivity contribution >= 4 is 28.1 Å². The van der Waals surface area contributed by atoms with Crippen LogP contribution < -0.4 is 5.32 Å². The molecule has 3 aromatic rings. The minimum absolute atomic E-state index is 0.234. The first kappa shape index (κ1) is 13.1. The Balaban J connectivity index is 1.85. The van der Waals surface area contributed by atoms with Crippen LogP contribution in [0.15, 0.2) is 28.1 Å². The van der Waals surface area contributed by atoms with Gasteiger partial charge in [0, 0.05) is 17.0 Å². The van der Waals surface area contributed by atoms with Crippen LogP contribution in [0.1, 0.15) is 36.4 Å². The Hall–Kier alpha value is -1.88. The molecule has 0 radical (unpaired) electrons. The quantitative estimate of drug-likeness (QED) is 0.776. The zero-order chi connectivity index (χ0) is 14.1. The lowest BCUT2D eigenvalue weighted by atomic mass is 10.2. The van der Waals surface area contributed by atoms with Gasteiger partial charge in [-0.15, -0.1) is 11.3 Å². The van der Waals surface area contributed by atoms with Crippen molar-refractivity contribution in [1.82, 2.24) is 9.97 Å². The Kier molecular flexibility index (Phi) is 3.44. The van der Waals surface area contributed by atoms with E-state index in [-0.39, 0.29) is 6.04 Å². The van der Waals surface area contributed by atoms with Gasteiger partial charge < -0.3 is 9.73 Å². The van der Waals surface area contributed by atoms with Crippen molar-refractivity contribution in [3.05, 3.63) is 40.2 Å². The first-order valence-electron chi connectivity index (χ1n) is 6.73. The lowest BCUT2D eigenvalue weighted by Gasteiger charge is -2.14. The molecule has 0 saturated carbocycles. The van der Waals surface area contributed by atoms with E-state index in [4.69, 9.17) is 4.42 Å². The molecule has 1 aromatic carbocycles. The minimum Gasteiger partial charge on any atom is -0.441 e. The van der Waals surface area contributed by atoms with Crippen molar-refractivity contribution in [3.63, 3.8) is 0 Å². The summed E-state index contributed by atoms with van der Waals surface area (Å²) < 4.78 is 5.62. The third-order valence-corrected chi connectivity index (χ3v) is 4.41. The highest BCUT2D eigenvalue weighted by molar-refractivity contribution is 7.09. The molecule has 0 aliphatic rings. The Morgan fingerprint density at radius 3 is 2.95 bits per heavy atom. The first-order chi connectivity index (χ1) is 9.67. The highest BCUT2D eigenvalue weighted by Gasteiger charge is 2.12. The number of nitrogens with zero attached hydrogens (tertiary/aromatic N) is 2. The van der Waals surface area contributed by atoms with Gasteiger partial charge in [0.25, 0.3) is 0 Å². The highest BCUT2D eigenvalue weighted by Crippen LogP contribution is 2.27. The molecule has 0 aliphatic heterocycles. The van der Waals surface area contributed by atoms with Crippen molar-refractivity contribution in [2.45, 2.75) is 33.2 Å². The molecule has 0 amide bonds. The second-order valence-electron chi connectivity index (χ2n) is 4.81. The van der Waals surface area contributed by atoms with E-state index in [1.807, 2.05) is 37.6 Å². The molecule has 5 heteroatoms. The van der Waals surface area contributed by atoms with Crippen molar-refractivity contribution in [2.24, 2.45) is 0 Å². The standard InChI is InChI=1S/C15H17N3OS/c1-4-14-18-12-7-11(5-6-13(12)19-14)17-10(3)15-9(2)16-8-20-15/h5-8,10,17H,4H2,1-3H3. The number of hydrogen-bond donors (Lipinski definition) is 1. The smallest absolute Gasteiger partial charge is 0.195 e. The molecule has 0 saturated heterocycles. The average molecular weight is 287 g/mol. The number of oxazole rings is 1. The summed E-state index contributed by atoms with van der Waals surface area (Å²) >= 11 is 1.68. The lowest BCUT2D eigenvalue weighted by molar-refractivity contribution is 0.538. The maximum atomic E-state index is 5.62. The van der Waals surface area contributed by atoms with Gasteiger partial charge >= 0.3 is 0 Å². The number of aromatic nitrogens is 2. The van der Waals surface area contributed by atoms with Gasteiger partial charge in [0.2, 0.25) is 0 Å². The Labute approximate surface area is 121 Å². The van der Waals surface area contributed by atoms with Gasteiger partial charge in [0.15, 0.2) is 11.5 Å². The van der Waals surface area contributed by atoms with Gasteiger partial charge in [-0.1, -0.05) is 6.92 Å². The molecule has 0 bridgehead atoms. The number of rotatable bonds is 4. The van der Waals surface area contributed by atoms with Gasteiger partial charge in [-0.3, -0.25) is 0 Å². The molecule has 2 heterocycles. The van der Waals surface area contributed by atoms with E-state index in [1.54, 1.807) is 11.3 Å². The number of fused-ring (bicyclic) bond motifs is 1. The summed E-state index contributed by atoms with van der Waals surface area (Å²) in [5, 5.41) is 3.49. The van der Waals surface area contributed by atoms with Crippen LogP contribution >= 0.6 is 11.3 Å². The van der Waals surface area contributed by atoms with E-state index >= 15 is 0 Å². The number of aryl methyl sites for hydroxylation is 2. The second kappa shape index (κ2) is 5.25. The van der Waals surface area contributed by atoms with Gasteiger partial charge in [0.05, 0.1) is 17.2 Å². The summed E-state index contributed by atoms with van der Waals surface area (Å²) in [5.41, 5.74) is 5.77. The largest absolute Gasteiger partial charge is 0.441 e. The topological polar surface area (TPSA) is 51.0 Å². The van der Waals surface area contributed by atoms with Crippen LogP contribution in [0.5, 0.6) is 0 Å². The SMILES string of the molecule is CCc1nc2cc(NC(C)c3scnc3C)ccc2o1. The van der Waals surface area contributed by atoms with Gasteiger partial charge in [-0.2, -0.15) is 0 Å². The Morgan fingerprint density at radius 2 is 2.25 bits per heavy atom. The molecule has 0 fully saturated rings. The van der Waals surface area contributed by atoms with Gasteiger partial charge in [0.1, 0.15) is 5.52 Å². The van der Waals surface area contributed by atoms with Gasteiger partial charge in [-0.05, 0) is 32.0 Å². The maximum absolute atomic E-state index is 5.62. The normalized spacial score (nSPS) is 12.8. The molecule has 1 N–H and O–H groups in total. The third kappa shape index (κ3) is 2.41. The van der Waals surface area contributed by atoms with Crippen LogP contribution in [0.4, 0.5) is 5.69 Å². The van der Waals surface area contributed by atoms with E-state index < -0.39 is 0 Å². The highest BCUT2D eigenvalue weighted by atomic mass is 32.1. The summed E-state index contributed by atoms with van der Waals surface area (Å²) in [6.07, 6.45) is 0.813. The van der Waals surface area contributed by atoms with E-state index in [0.29, 0.717) is 0 Å². The van der Waals surface area contributed by atoms with E-state index in [2.05, 4.69) is 22.2 Å². The van der Waals surface area contributed by atoms with Crippen LogP contribution in [0.2, 0.25) is 0 Å². The molecule has 0 aliphatic carbocycles. The zero-order valence-electron chi connectivity index (χ0n) is 11.8. The molecule has 20 heavy (non-hydrogen) atoms. The molecule has 104 valence electrons. The van der Waals surface area contributed by atoms with Crippen molar-refractivity contribution < 1.29 is 4.42 Å². The Morgan fingerprint density at radius 1 is 1.40 bits per heavy atom. The molecule has 2 aromatic heterocycles. The predicted molar refractivity (Wildman–Crippen MR) is 82.3 cm³/mol. The molecule has 1 atom stereocenters. The molecule has 4 nitrogen and oxygen atoms in total. The fraction of sp³-hybridized carbons (Fsp3) is 0.333. The van der Waals surface area contributed by atoms with E-state index in [1.165, 1.54) is 4.88 Å². The fourth-order valence-corrected chi connectivity index (χ4v) is 3.07. The number of nitrogens with one attached hydrogen (secondary N) is 1. The lowest BCUT2D eigenvalue weighted by Crippen LogP contribution is -2.06. The van der Waals surface area contributed by atoms with Crippen LogP contribution in [0.3, 0.4) is 0 Å². The molecule has 0 spiro atoms. The number of thiazole rings is 1. The minimum atomic E-state index is 0.234. The van der Waals surface area contributed by atoms with Crippen LogP contribution in [0, 0.1) is 6.92 Å².